The van der Waals surface area contributed by atoms with Crippen molar-refractivity contribution in [1.82, 2.24) is 15.0 Å². The molecule has 0 aliphatic rings. The van der Waals surface area contributed by atoms with Gasteiger partial charge in [-0.1, -0.05) is 16.1 Å². The highest BCUT2D eigenvalue weighted by Gasteiger charge is 2.17. The monoisotopic (exact) mass is 766 g/mol. The average Bonchev–Trinajstić information content (AvgIpc) is 3.05. The van der Waals surface area contributed by atoms with Crippen LogP contribution in [0.25, 0.3) is 10.8 Å². The minimum atomic E-state index is -4.64. The van der Waals surface area contributed by atoms with Crippen LogP contribution in [0.5, 0.6) is 0 Å². The summed E-state index contributed by atoms with van der Waals surface area (Å²) in [7, 11) is -4.64. The van der Waals surface area contributed by atoms with Crippen LogP contribution >= 0.6 is 47.3 Å². The summed E-state index contributed by atoms with van der Waals surface area (Å²) in [6.07, 6.45) is 0. The van der Waals surface area contributed by atoms with E-state index >= 15 is 0 Å². The first kappa shape index (κ1) is 36.4. The molecule has 1 heterocycles. The number of nitrogens with one attached hydrogen (secondary N) is 1. The highest BCUT2D eigenvalue weighted by Crippen LogP contribution is 2.38. The molecule has 0 aliphatic heterocycles. The first-order chi connectivity index (χ1) is 23.4. The summed E-state index contributed by atoms with van der Waals surface area (Å²) in [6.45, 7) is 3.52. The number of aryl methyl sites for hydroxylation is 2. The molecule has 0 radical (unpaired) electrons. The fourth-order valence-electron chi connectivity index (χ4n) is 4.23. The maximum absolute atomic E-state index is 11.9. The van der Waals surface area contributed by atoms with E-state index in [0.717, 1.165) is 18.1 Å². The summed E-state index contributed by atoms with van der Waals surface area (Å²) in [6, 6.07) is 15.8. The van der Waals surface area contributed by atoms with Crippen molar-refractivity contribution in [1.29, 1.82) is 0 Å². The molecule has 5 rings (SSSR count). The number of fused-ring (bicyclic) bond motifs is 1. The maximum atomic E-state index is 11.9. The fourth-order valence-corrected chi connectivity index (χ4v) is 5.99. The Hall–Kier alpha value is -3.90. The Bertz CT molecular complexity index is 2180. The molecular formula is C27H20Cl2N8O9S3. The zero-order valence-corrected chi connectivity index (χ0v) is 28.6. The zero-order chi connectivity index (χ0) is 35.1. The number of aromatic nitrogens is 3. The number of azo groups is 2. The van der Waals surface area contributed by atoms with Crippen molar-refractivity contribution >= 4 is 103 Å². The lowest BCUT2D eigenvalue weighted by molar-refractivity contribution is -0.432. The van der Waals surface area contributed by atoms with Crippen LogP contribution in [-0.4, -0.2) is 38.4 Å². The van der Waals surface area contributed by atoms with Crippen LogP contribution in [0, 0.1) is 13.8 Å². The molecule has 49 heavy (non-hydrogen) atoms. The van der Waals surface area contributed by atoms with Gasteiger partial charge in [0, 0.05) is 26.3 Å². The summed E-state index contributed by atoms with van der Waals surface area (Å²) >= 11 is 13.2. The molecule has 0 unspecified atom stereocenters. The van der Waals surface area contributed by atoms with Gasteiger partial charge in [0.1, 0.15) is 10.6 Å². The minimum absolute atomic E-state index is 0.0914. The van der Waals surface area contributed by atoms with E-state index < -0.39 is 15.0 Å². The molecule has 0 fully saturated rings. The lowest BCUT2D eigenvalue weighted by Gasteiger charge is -2.11. The quantitative estimate of drug-likeness (QED) is 0.0287. The normalized spacial score (nSPS) is 12.1. The van der Waals surface area contributed by atoms with Crippen LogP contribution in [0.4, 0.5) is 34.4 Å². The van der Waals surface area contributed by atoms with Gasteiger partial charge in [0.25, 0.3) is 10.1 Å². The van der Waals surface area contributed by atoms with Crippen molar-refractivity contribution in [3.05, 3.63) is 82.4 Å². The van der Waals surface area contributed by atoms with Crippen LogP contribution in [0.2, 0.25) is 10.6 Å². The van der Waals surface area contributed by atoms with Crippen molar-refractivity contribution < 1.29 is 42.2 Å². The number of nitrogens with zero attached hydrogens (tertiary/aromatic N) is 7. The third kappa shape index (κ3) is 9.42. The Kier molecular flexibility index (Phi) is 12.0. The number of anilines is 2. The standard InChI is InChI=1S/C27H20Cl2N8O9S3/c1-13-10-22(36-37-23-12-16(48-46-44-39)4-8-24(23)49(40,41)42)14(2)9-21(13)35-34-20-7-6-19(30-27-32-25(28)31-26(29)33-27)17-5-3-15(11-18(17)20)47-45-43-38/h3-12,38-39H,1-2H3,(H,40,41,42)(H,30,31,32,33). The molecule has 0 amide bonds. The minimum Gasteiger partial charge on any atom is -0.323 e. The molecule has 1 aromatic heterocycles. The van der Waals surface area contributed by atoms with Gasteiger partial charge in [-0.05, 0) is 103 Å². The van der Waals surface area contributed by atoms with Crippen LogP contribution < -0.4 is 5.32 Å². The van der Waals surface area contributed by atoms with Gasteiger partial charge >= 0.3 is 0 Å². The van der Waals surface area contributed by atoms with Gasteiger partial charge in [0.05, 0.1) is 41.1 Å². The van der Waals surface area contributed by atoms with Crippen molar-refractivity contribution in [3.63, 3.8) is 0 Å². The van der Waals surface area contributed by atoms with Crippen LogP contribution in [-0.2, 0) is 28.9 Å². The molecule has 0 bridgehead atoms. The number of rotatable bonds is 13. The van der Waals surface area contributed by atoms with Gasteiger partial charge in [-0.3, -0.25) is 4.55 Å². The molecule has 22 heteroatoms. The zero-order valence-electron chi connectivity index (χ0n) is 24.7. The van der Waals surface area contributed by atoms with E-state index in [2.05, 4.69) is 59.5 Å². The lowest BCUT2D eigenvalue weighted by atomic mass is 10.1. The molecule has 4 N–H and O–H groups in total. The molecule has 0 spiro atoms. The van der Waals surface area contributed by atoms with Crippen molar-refractivity contribution in [2.75, 3.05) is 5.32 Å². The van der Waals surface area contributed by atoms with Gasteiger partial charge in [-0.15, -0.1) is 18.9 Å². The summed E-state index contributed by atoms with van der Waals surface area (Å²) in [5, 5.41) is 45.7. The number of hydrogen-bond acceptors (Lipinski definition) is 18. The highest BCUT2D eigenvalue weighted by molar-refractivity contribution is 7.94. The smallest absolute Gasteiger partial charge is 0.296 e. The lowest BCUT2D eigenvalue weighted by Crippen LogP contribution is -2.00. The third-order valence-electron chi connectivity index (χ3n) is 6.37. The second kappa shape index (κ2) is 16.2. The summed E-state index contributed by atoms with van der Waals surface area (Å²) in [4.78, 5) is 12.2. The van der Waals surface area contributed by atoms with E-state index in [0.29, 0.717) is 66.5 Å². The average molecular weight is 768 g/mol. The SMILES string of the molecule is Cc1cc(N=Nc2ccc(Nc3nc(Cl)nc(Cl)n3)c3ccc(SOOO)cc23)c(C)cc1N=Nc1cc(SOOO)ccc1S(=O)(=O)O. The predicted molar refractivity (Wildman–Crippen MR) is 179 cm³/mol. The fraction of sp³-hybridized carbons (Fsp3) is 0.0741. The maximum Gasteiger partial charge on any atom is 0.296 e. The van der Waals surface area contributed by atoms with E-state index in [1.54, 1.807) is 56.3 Å². The number of benzene rings is 4. The molecule has 0 saturated heterocycles. The molecule has 0 aliphatic carbocycles. The van der Waals surface area contributed by atoms with Crippen molar-refractivity contribution in [3.8, 4) is 0 Å². The Labute approximate surface area is 295 Å². The predicted octanol–water partition coefficient (Wildman–Crippen LogP) is 9.63. The molecule has 17 nitrogen and oxygen atoms in total. The molecule has 254 valence electrons. The van der Waals surface area contributed by atoms with Crippen LogP contribution in [0.15, 0.2) is 95.8 Å². The number of halogens is 2. The van der Waals surface area contributed by atoms with Gasteiger partial charge in [-0.25, -0.2) is 10.5 Å². The summed E-state index contributed by atoms with van der Waals surface area (Å²) in [5.41, 5.74) is 3.03. The van der Waals surface area contributed by atoms with E-state index in [-0.39, 0.29) is 22.2 Å². The molecule has 0 atom stereocenters. The van der Waals surface area contributed by atoms with E-state index in [4.69, 9.17) is 33.7 Å². The van der Waals surface area contributed by atoms with E-state index in [1.807, 2.05) is 0 Å². The van der Waals surface area contributed by atoms with Crippen LogP contribution in [0.1, 0.15) is 11.1 Å². The third-order valence-corrected chi connectivity index (χ3v) is 8.76. The first-order valence-electron chi connectivity index (χ1n) is 13.2. The van der Waals surface area contributed by atoms with Crippen molar-refractivity contribution in [2.45, 2.75) is 28.5 Å². The van der Waals surface area contributed by atoms with Gasteiger partial charge in [0.2, 0.25) is 16.5 Å². The van der Waals surface area contributed by atoms with Gasteiger partial charge in [-0.2, -0.15) is 33.6 Å². The number of hydrogen-bond donors (Lipinski definition) is 4. The van der Waals surface area contributed by atoms with Crippen molar-refractivity contribution in [2.24, 2.45) is 20.5 Å². The Balaban J connectivity index is 1.47. The second-order valence-corrected chi connectivity index (χ2v) is 13.2. The second-order valence-electron chi connectivity index (χ2n) is 9.54. The van der Waals surface area contributed by atoms with Gasteiger partial charge in [0.15, 0.2) is 0 Å². The molecule has 5 aromatic rings. The molecular weight excluding hydrogens is 747 g/mol. The summed E-state index contributed by atoms with van der Waals surface area (Å²) < 4.78 is 42.4. The van der Waals surface area contributed by atoms with Crippen LogP contribution in [0.3, 0.4) is 0 Å². The van der Waals surface area contributed by atoms with E-state index in [9.17, 15) is 13.0 Å². The largest absolute Gasteiger partial charge is 0.323 e. The molecule has 0 saturated carbocycles. The van der Waals surface area contributed by atoms with E-state index in [1.165, 1.54) is 12.1 Å². The Morgan fingerprint density at radius 3 is 1.84 bits per heavy atom. The Morgan fingerprint density at radius 2 is 1.24 bits per heavy atom. The first-order valence-corrected chi connectivity index (χ1v) is 16.9. The Morgan fingerprint density at radius 1 is 0.694 bits per heavy atom. The summed E-state index contributed by atoms with van der Waals surface area (Å²) in [5.74, 6) is 0.116. The highest BCUT2D eigenvalue weighted by atomic mass is 35.5. The molecule has 4 aromatic carbocycles. The van der Waals surface area contributed by atoms with Gasteiger partial charge < -0.3 is 5.32 Å². The topological polar surface area (TPSA) is 232 Å².